The third-order valence-electron chi connectivity index (χ3n) is 4.85. The summed E-state index contributed by atoms with van der Waals surface area (Å²) in [6.07, 6.45) is 5.20. The van der Waals surface area contributed by atoms with Gasteiger partial charge in [0.15, 0.2) is 0 Å². The number of carbonyl (C=O) groups is 1. The molecule has 4 heteroatoms. The van der Waals surface area contributed by atoms with E-state index in [4.69, 9.17) is 0 Å². The standard InChI is InChI=1S/C19H16FNO2/c20-16-6-2-5-15-13-3-1-4-14(13)17(21-18(15)16)11-7-9-12(10-8-11)19(22)23/h1-3,5-10,13-14,17,21H,4H2,(H,22,23)/p-1. The van der Waals surface area contributed by atoms with Crippen molar-refractivity contribution in [1.29, 1.82) is 0 Å². The van der Waals surface area contributed by atoms with Crippen LogP contribution in [0.5, 0.6) is 0 Å². The Balaban J connectivity index is 1.75. The number of carbonyl (C=O) groups excluding carboxylic acids is 1. The van der Waals surface area contributed by atoms with Crippen LogP contribution in [0.2, 0.25) is 0 Å². The predicted molar refractivity (Wildman–Crippen MR) is 83.5 cm³/mol. The summed E-state index contributed by atoms with van der Waals surface area (Å²) in [6.45, 7) is 0. The van der Waals surface area contributed by atoms with Gasteiger partial charge in [-0.3, -0.25) is 0 Å². The van der Waals surface area contributed by atoms with E-state index in [0.717, 1.165) is 17.5 Å². The monoisotopic (exact) mass is 308 g/mol. The SMILES string of the molecule is O=C([O-])c1ccc(C2Nc3c(F)cccc3C3C=CCC32)cc1. The van der Waals surface area contributed by atoms with Crippen molar-refractivity contribution in [3.05, 3.63) is 77.1 Å². The van der Waals surface area contributed by atoms with E-state index in [0.29, 0.717) is 11.6 Å². The molecule has 4 rings (SSSR count). The maximum absolute atomic E-state index is 14.2. The van der Waals surface area contributed by atoms with Gasteiger partial charge in [-0.05, 0) is 35.1 Å². The van der Waals surface area contributed by atoms with Crippen LogP contribution in [0, 0.1) is 11.7 Å². The van der Waals surface area contributed by atoms with E-state index >= 15 is 0 Å². The quantitative estimate of drug-likeness (QED) is 0.868. The van der Waals surface area contributed by atoms with Crippen molar-refractivity contribution in [2.75, 3.05) is 5.32 Å². The molecule has 3 nitrogen and oxygen atoms in total. The molecule has 0 saturated carbocycles. The summed E-state index contributed by atoms with van der Waals surface area (Å²) in [5, 5.41) is 14.2. The predicted octanol–water partition coefficient (Wildman–Crippen LogP) is 3.02. The Morgan fingerprint density at radius 1 is 1.17 bits per heavy atom. The maximum Gasteiger partial charge on any atom is 0.146 e. The van der Waals surface area contributed by atoms with Crippen LogP contribution in [-0.4, -0.2) is 5.97 Å². The number of rotatable bonds is 2. The highest BCUT2D eigenvalue weighted by Gasteiger charge is 2.38. The highest BCUT2D eigenvalue weighted by atomic mass is 19.1. The Morgan fingerprint density at radius 2 is 1.96 bits per heavy atom. The zero-order chi connectivity index (χ0) is 16.0. The van der Waals surface area contributed by atoms with Crippen LogP contribution < -0.4 is 10.4 Å². The van der Waals surface area contributed by atoms with E-state index in [2.05, 4.69) is 17.5 Å². The molecule has 0 radical (unpaired) electrons. The number of nitrogens with one attached hydrogen (secondary N) is 1. The van der Waals surface area contributed by atoms with E-state index in [1.54, 1.807) is 30.3 Å². The maximum atomic E-state index is 14.2. The van der Waals surface area contributed by atoms with Crippen molar-refractivity contribution in [3.63, 3.8) is 0 Å². The topological polar surface area (TPSA) is 52.2 Å². The molecule has 0 aromatic heterocycles. The van der Waals surface area contributed by atoms with E-state index in [9.17, 15) is 14.3 Å². The molecule has 1 aliphatic heterocycles. The number of allylic oxidation sites excluding steroid dienone is 2. The van der Waals surface area contributed by atoms with E-state index in [-0.39, 0.29) is 23.3 Å². The Hall–Kier alpha value is -2.62. The highest BCUT2D eigenvalue weighted by molar-refractivity contribution is 5.85. The number of carboxylic acid groups (broad SMARTS) is 1. The minimum Gasteiger partial charge on any atom is -0.545 e. The second-order valence-corrected chi connectivity index (χ2v) is 6.09. The van der Waals surface area contributed by atoms with Gasteiger partial charge in [0.2, 0.25) is 0 Å². The van der Waals surface area contributed by atoms with Crippen LogP contribution in [0.15, 0.2) is 54.6 Å². The van der Waals surface area contributed by atoms with Gasteiger partial charge in [-0.2, -0.15) is 0 Å². The molecule has 2 aromatic carbocycles. The number of para-hydroxylation sites is 1. The fraction of sp³-hybridized carbons (Fsp3) is 0.211. The summed E-state index contributed by atoms with van der Waals surface area (Å²) < 4.78 is 14.2. The van der Waals surface area contributed by atoms with Gasteiger partial charge < -0.3 is 15.2 Å². The lowest BCUT2D eigenvalue weighted by Gasteiger charge is -2.37. The second-order valence-electron chi connectivity index (χ2n) is 6.09. The molecule has 0 spiro atoms. The largest absolute Gasteiger partial charge is 0.545 e. The minimum atomic E-state index is -1.19. The molecular weight excluding hydrogens is 293 g/mol. The van der Waals surface area contributed by atoms with Gasteiger partial charge in [-0.15, -0.1) is 0 Å². The first-order valence-corrected chi connectivity index (χ1v) is 7.68. The highest BCUT2D eigenvalue weighted by Crippen LogP contribution is 2.50. The minimum absolute atomic E-state index is 0.0461. The van der Waals surface area contributed by atoms with Crippen LogP contribution in [0.1, 0.15) is 39.9 Å². The van der Waals surface area contributed by atoms with Gasteiger partial charge in [-0.25, -0.2) is 4.39 Å². The van der Waals surface area contributed by atoms with Crippen molar-refractivity contribution < 1.29 is 14.3 Å². The number of halogens is 1. The normalized spacial score (nSPS) is 24.7. The second kappa shape index (κ2) is 5.23. The van der Waals surface area contributed by atoms with Crippen molar-refractivity contribution in [2.24, 2.45) is 5.92 Å². The molecule has 0 amide bonds. The average molecular weight is 308 g/mol. The summed E-state index contributed by atoms with van der Waals surface area (Å²) >= 11 is 0. The molecular formula is C19H15FNO2-. The molecule has 0 bridgehead atoms. The lowest BCUT2D eigenvalue weighted by Crippen LogP contribution is -2.30. The third-order valence-corrected chi connectivity index (χ3v) is 4.85. The van der Waals surface area contributed by atoms with Crippen LogP contribution in [-0.2, 0) is 0 Å². The summed E-state index contributed by atoms with van der Waals surface area (Å²) in [5.74, 6) is -0.951. The third kappa shape index (κ3) is 2.22. The summed E-state index contributed by atoms with van der Waals surface area (Å²) in [7, 11) is 0. The van der Waals surface area contributed by atoms with E-state index in [1.807, 2.05) is 6.07 Å². The van der Waals surface area contributed by atoms with Crippen molar-refractivity contribution in [2.45, 2.75) is 18.4 Å². The van der Waals surface area contributed by atoms with Gasteiger partial charge in [0, 0.05) is 5.92 Å². The van der Waals surface area contributed by atoms with Gasteiger partial charge in [0.25, 0.3) is 0 Å². The molecule has 1 aliphatic carbocycles. The lowest BCUT2D eigenvalue weighted by molar-refractivity contribution is -0.255. The van der Waals surface area contributed by atoms with Gasteiger partial charge in [-0.1, -0.05) is 48.6 Å². The zero-order valence-electron chi connectivity index (χ0n) is 12.3. The van der Waals surface area contributed by atoms with E-state index < -0.39 is 5.97 Å². The lowest BCUT2D eigenvalue weighted by atomic mass is 9.77. The number of hydrogen-bond donors (Lipinski definition) is 1. The summed E-state index contributed by atoms with van der Waals surface area (Å²) in [5.41, 5.74) is 2.65. The van der Waals surface area contributed by atoms with Crippen molar-refractivity contribution in [3.8, 4) is 0 Å². The molecule has 1 N–H and O–H groups in total. The fourth-order valence-corrected chi connectivity index (χ4v) is 3.74. The fourth-order valence-electron chi connectivity index (χ4n) is 3.74. The smallest absolute Gasteiger partial charge is 0.146 e. The first-order chi connectivity index (χ1) is 11.1. The molecule has 2 aromatic rings. The number of carboxylic acids is 1. The Bertz CT molecular complexity index is 798. The molecule has 3 atom stereocenters. The van der Waals surface area contributed by atoms with Gasteiger partial charge >= 0.3 is 0 Å². The average Bonchev–Trinajstić information content (AvgIpc) is 3.04. The summed E-state index contributed by atoms with van der Waals surface area (Å²) in [4.78, 5) is 10.9. The van der Waals surface area contributed by atoms with Crippen LogP contribution in [0.3, 0.4) is 0 Å². The van der Waals surface area contributed by atoms with Crippen LogP contribution in [0.25, 0.3) is 0 Å². The number of anilines is 1. The zero-order valence-corrected chi connectivity index (χ0v) is 12.3. The number of benzene rings is 2. The number of fused-ring (bicyclic) bond motifs is 3. The molecule has 2 aliphatic rings. The van der Waals surface area contributed by atoms with Crippen LogP contribution in [0.4, 0.5) is 10.1 Å². The van der Waals surface area contributed by atoms with Crippen molar-refractivity contribution >= 4 is 11.7 Å². The number of aromatic carboxylic acids is 1. The first kappa shape index (κ1) is 14.0. The molecule has 1 heterocycles. The van der Waals surface area contributed by atoms with Crippen molar-refractivity contribution in [1.82, 2.24) is 0 Å². The van der Waals surface area contributed by atoms with Crippen LogP contribution >= 0.6 is 0 Å². The molecule has 3 unspecified atom stereocenters. The van der Waals surface area contributed by atoms with Gasteiger partial charge in [0.1, 0.15) is 5.82 Å². The van der Waals surface area contributed by atoms with Gasteiger partial charge in [0.05, 0.1) is 17.7 Å². The molecule has 23 heavy (non-hydrogen) atoms. The molecule has 116 valence electrons. The summed E-state index contributed by atoms with van der Waals surface area (Å²) in [6, 6.07) is 11.8. The molecule has 0 fully saturated rings. The first-order valence-electron chi connectivity index (χ1n) is 7.68. The van der Waals surface area contributed by atoms with E-state index in [1.165, 1.54) is 6.07 Å². The Morgan fingerprint density at radius 3 is 2.70 bits per heavy atom. The molecule has 0 saturated heterocycles. The Labute approximate surface area is 133 Å². The number of hydrogen-bond acceptors (Lipinski definition) is 3. The Kier molecular flexibility index (Phi) is 3.18.